The Balaban J connectivity index is 1.79. The van der Waals surface area contributed by atoms with Gasteiger partial charge in [-0.25, -0.2) is 0 Å². The molecule has 3 atom stereocenters. The topological polar surface area (TPSA) is 3.24 Å². The van der Waals surface area contributed by atoms with Crippen molar-refractivity contribution in [2.45, 2.75) is 136 Å². The highest BCUT2D eigenvalue weighted by Crippen LogP contribution is 2.40. The van der Waals surface area contributed by atoms with Crippen LogP contribution in [-0.2, 0) is 0 Å². The smallest absolute Gasteiger partial charge is 0.00982 e. The third kappa shape index (κ3) is 7.17. The van der Waals surface area contributed by atoms with Crippen LogP contribution in [0.3, 0.4) is 0 Å². The van der Waals surface area contributed by atoms with Crippen LogP contribution in [0.25, 0.3) is 0 Å². The van der Waals surface area contributed by atoms with Crippen LogP contribution in [0.15, 0.2) is 0 Å². The molecule has 0 spiro atoms. The van der Waals surface area contributed by atoms with Gasteiger partial charge in [-0.05, 0) is 76.2 Å². The van der Waals surface area contributed by atoms with Crippen molar-refractivity contribution in [2.75, 3.05) is 6.54 Å². The van der Waals surface area contributed by atoms with E-state index in [2.05, 4.69) is 32.6 Å². The lowest BCUT2D eigenvalue weighted by Gasteiger charge is -2.42. The Morgan fingerprint density at radius 1 is 0.808 bits per heavy atom. The lowest BCUT2D eigenvalue weighted by molar-refractivity contribution is 0.0776. The van der Waals surface area contributed by atoms with Crippen LogP contribution in [0.2, 0.25) is 0 Å². The van der Waals surface area contributed by atoms with Crippen molar-refractivity contribution in [3.05, 3.63) is 0 Å². The van der Waals surface area contributed by atoms with Crippen molar-refractivity contribution in [3.8, 4) is 0 Å². The van der Waals surface area contributed by atoms with E-state index in [0.29, 0.717) is 0 Å². The summed E-state index contributed by atoms with van der Waals surface area (Å²) in [5.41, 5.74) is 0. The molecule has 2 fully saturated rings. The van der Waals surface area contributed by atoms with E-state index in [1.807, 2.05) is 0 Å². The minimum Gasteiger partial charge on any atom is -0.298 e. The third-order valence-corrected chi connectivity index (χ3v) is 7.78. The fourth-order valence-corrected chi connectivity index (χ4v) is 5.88. The molecule has 0 amide bonds. The van der Waals surface area contributed by atoms with Gasteiger partial charge in [-0.3, -0.25) is 4.90 Å². The summed E-state index contributed by atoms with van der Waals surface area (Å²) in [6.07, 6.45) is 22.0. The minimum atomic E-state index is 0.778. The molecule has 0 heterocycles. The number of nitrogens with zero attached hydrogens (tertiary/aromatic N) is 1. The van der Waals surface area contributed by atoms with Crippen LogP contribution in [0.1, 0.15) is 124 Å². The van der Waals surface area contributed by atoms with Gasteiger partial charge in [0, 0.05) is 12.1 Å². The standard InChI is InChI=1S/C25H49N/c1-5-7-8-9-12-19-26(22(4)6-2)25-17-15-23(16-18-25)24-14-11-10-13-21(3)20-24/h21-25H,5-20H2,1-4H3/t21?,22-,23?,24?,25?/m0/s1. The molecule has 2 unspecified atom stereocenters. The van der Waals surface area contributed by atoms with Crippen LogP contribution in [0, 0.1) is 17.8 Å². The summed E-state index contributed by atoms with van der Waals surface area (Å²) >= 11 is 0. The molecule has 0 saturated heterocycles. The number of unbranched alkanes of at least 4 members (excludes halogenated alkanes) is 4. The first kappa shape index (κ1) is 22.3. The predicted octanol–water partition coefficient (Wildman–Crippen LogP) is 7.83. The van der Waals surface area contributed by atoms with Gasteiger partial charge in [0.05, 0.1) is 0 Å². The fraction of sp³-hybridized carbons (Fsp3) is 1.00. The molecule has 26 heavy (non-hydrogen) atoms. The average Bonchev–Trinajstić information content (AvgIpc) is 2.89. The Kier molecular flexibility index (Phi) is 10.6. The van der Waals surface area contributed by atoms with E-state index in [0.717, 1.165) is 29.8 Å². The first-order valence-electron chi connectivity index (χ1n) is 12.4. The Morgan fingerprint density at radius 3 is 2.19 bits per heavy atom. The Labute approximate surface area is 165 Å². The first-order valence-corrected chi connectivity index (χ1v) is 12.4. The molecule has 0 N–H and O–H groups in total. The molecule has 0 aromatic heterocycles. The van der Waals surface area contributed by atoms with E-state index >= 15 is 0 Å². The van der Waals surface area contributed by atoms with Gasteiger partial charge in [-0.2, -0.15) is 0 Å². The van der Waals surface area contributed by atoms with Crippen LogP contribution in [0.5, 0.6) is 0 Å². The normalized spacial score (nSPS) is 31.7. The van der Waals surface area contributed by atoms with Crippen LogP contribution >= 0.6 is 0 Å². The van der Waals surface area contributed by atoms with Crippen molar-refractivity contribution in [1.29, 1.82) is 0 Å². The molecule has 0 aromatic rings. The van der Waals surface area contributed by atoms with Gasteiger partial charge in [-0.1, -0.05) is 72.1 Å². The maximum absolute atomic E-state index is 2.91. The molecule has 2 rings (SSSR count). The largest absolute Gasteiger partial charge is 0.298 e. The molecular formula is C25H49N. The molecule has 1 nitrogen and oxygen atoms in total. The average molecular weight is 364 g/mol. The summed E-state index contributed by atoms with van der Waals surface area (Å²) in [6, 6.07) is 1.66. The summed E-state index contributed by atoms with van der Waals surface area (Å²) in [5.74, 6) is 3.09. The highest BCUT2D eigenvalue weighted by atomic mass is 15.2. The van der Waals surface area contributed by atoms with Gasteiger partial charge in [0.2, 0.25) is 0 Å². The van der Waals surface area contributed by atoms with Crippen LogP contribution < -0.4 is 0 Å². The molecule has 2 aliphatic rings. The van der Waals surface area contributed by atoms with Gasteiger partial charge in [0.25, 0.3) is 0 Å². The molecule has 0 radical (unpaired) electrons. The van der Waals surface area contributed by atoms with Crippen LogP contribution in [-0.4, -0.2) is 23.5 Å². The van der Waals surface area contributed by atoms with Crippen molar-refractivity contribution >= 4 is 0 Å². The summed E-state index contributed by atoms with van der Waals surface area (Å²) in [4.78, 5) is 2.91. The van der Waals surface area contributed by atoms with E-state index < -0.39 is 0 Å². The molecule has 0 aliphatic heterocycles. The number of hydrogen-bond acceptors (Lipinski definition) is 1. The second-order valence-corrected chi connectivity index (χ2v) is 9.86. The molecule has 2 aliphatic carbocycles. The van der Waals surface area contributed by atoms with E-state index in [1.54, 1.807) is 0 Å². The summed E-state index contributed by atoms with van der Waals surface area (Å²) in [7, 11) is 0. The summed E-state index contributed by atoms with van der Waals surface area (Å²) < 4.78 is 0. The monoisotopic (exact) mass is 363 g/mol. The second-order valence-electron chi connectivity index (χ2n) is 9.86. The quantitative estimate of drug-likeness (QED) is 0.282. The SMILES string of the molecule is CCCCCCCN(C1CCC(C2CCCCC(C)C2)CC1)[C@@H](C)CC. The highest BCUT2D eigenvalue weighted by Gasteiger charge is 2.32. The highest BCUT2D eigenvalue weighted by molar-refractivity contribution is 4.86. The molecule has 1 heteroatoms. The van der Waals surface area contributed by atoms with Gasteiger partial charge in [0.1, 0.15) is 0 Å². The van der Waals surface area contributed by atoms with E-state index in [4.69, 9.17) is 0 Å². The molecule has 0 bridgehead atoms. The third-order valence-electron chi connectivity index (χ3n) is 7.78. The van der Waals surface area contributed by atoms with E-state index in [-0.39, 0.29) is 0 Å². The molecular weight excluding hydrogens is 314 g/mol. The molecule has 0 aromatic carbocycles. The minimum absolute atomic E-state index is 0.778. The van der Waals surface area contributed by atoms with Gasteiger partial charge >= 0.3 is 0 Å². The Bertz CT molecular complexity index is 344. The van der Waals surface area contributed by atoms with Gasteiger partial charge < -0.3 is 0 Å². The van der Waals surface area contributed by atoms with Gasteiger partial charge in [-0.15, -0.1) is 0 Å². The zero-order valence-electron chi connectivity index (χ0n) is 18.6. The van der Waals surface area contributed by atoms with E-state index in [9.17, 15) is 0 Å². The Hall–Kier alpha value is -0.0400. The maximum atomic E-state index is 2.91. The number of rotatable bonds is 10. The summed E-state index contributed by atoms with van der Waals surface area (Å²) in [5, 5.41) is 0. The van der Waals surface area contributed by atoms with Crippen molar-refractivity contribution in [3.63, 3.8) is 0 Å². The zero-order valence-corrected chi connectivity index (χ0v) is 18.6. The van der Waals surface area contributed by atoms with Crippen LogP contribution in [0.4, 0.5) is 0 Å². The summed E-state index contributed by atoms with van der Waals surface area (Å²) in [6.45, 7) is 11.0. The van der Waals surface area contributed by atoms with Gasteiger partial charge in [0.15, 0.2) is 0 Å². The van der Waals surface area contributed by atoms with Crippen molar-refractivity contribution in [1.82, 2.24) is 4.90 Å². The van der Waals surface area contributed by atoms with Crippen molar-refractivity contribution < 1.29 is 0 Å². The predicted molar refractivity (Wildman–Crippen MR) is 117 cm³/mol. The zero-order chi connectivity index (χ0) is 18.8. The Morgan fingerprint density at radius 2 is 1.50 bits per heavy atom. The maximum Gasteiger partial charge on any atom is 0.00982 e. The lowest BCUT2D eigenvalue weighted by Crippen LogP contribution is -2.44. The fourth-order valence-electron chi connectivity index (χ4n) is 5.88. The number of hydrogen-bond donors (Lipinski definition) is 0. The first-order chi connectivity index (χ1) is 12.7. The van der Waals surface area contributed by atoms with Crippen molar-refractivity contribution in [2.24, 2.45) is 17.8 Å². The molecule has 2 saturated carbocycles. The lowest BCUT2D eigenvalue weighted by atomic mass is 9.74. The molecule has 154 valence electrons. The second kappa shape index (κ2) is 12.4. The van der Waals surface area contributed by atoms with E-state index in [1.165, 1.54) is 103 Å².